The zero-order valence-electron chi connectivity index (χ0n) is 20.6. The average Bonchev–Trinajstić information content (AvgIpc) is 2.90. The molecule has 10 nitrogen and oxygen atoms in total. The predicted molar refractivity (Wildman–Crippen MR) is 131 cm³/mol. The molecule has 2 aromatic heterocycles. The Kier molecular flexibility index (Phi) is 8.79. The van der Waals surface area contributed by atoms with E-state index in [-0.39, 0.29) is 6.61 Å². The maximum atomic E-state index is 9.64. The lowest BCUT2D eigenvalue weighted by atomic mass is 9.83. The van der Waals surface area contributed by atoms with Crippen molar-refractivity contribution >= 4 is 5.82 Å². The summed E-state index contributed by atoms with van der Waals surface area (Å²) >= 11 is 0. The number of anilines is 1. The second-order valence-corrected chi connectivity index (χ2v) is 9.52. The number of nitriles is 1. The molecule has 188 valence electrons. The van der Waals surface area contributed by atoms with Crippen molar-refractivity contribution in [2.75, 3.05) is 38.9 Å². The first-order valence-corrected chi connectivity index (χ1v) is 12.4. The van der Waals surface area contributed by atoms with Crippen molar-refractivity contribution in [1.82, 2.24) is 25.3 Å². The molecule has 1 unspecified atom stereocenters. The number of nitrogens with zero attached hydrogens (tertiary/aromatic N) is 5. The molecule has 3 heterocycles. The third-order valence-electron chi connectivity index (χ3n) is 6.73. The number of methoxy groups -OCH3 is 1. The second kappa shape index (κ2) is 12.2. The van der Waals surface area contributed by atoms with Crippen LogP contribution >= 0.6 is 0 Å². The Balaban J connectivity index is 1.33. The van der Waals surface area contributed by atoms with Gasteiger partial charge in [-0.1, -0.05) is 0 Å². The Labute approximate surface area is 206 Å². The molecule has 0 aromatic carbocycles. The van der Waals surface area contributed by atoms with E-state index in [0.717, 1.165) is 38.1 Å². The Morgan fingerprint density at radius 1 is 1.17 bits per heavy atom. The van der Waals surface area contributed by atoms with Crippen LogP contribution in [0.15, 0.2) is 24.7 Å². The molecule has 35 heavy (non-hydrogen) atoms. The zero-order chi connectivity index (χ0) is 24.5. The highest BCUT2D eigenvalue weighted by Crippen LogP contribution is 2.30. The Bertz CT molecular complexity index is 985. The van der Waals surface area contributed by atoms with E-state index < -0.39 is 5.41 Å². The molecule has 0 amide bonds. The lowest BCUT2D eigenvalue weighted by Crippen LogP contribution is -2.42. The van der Waals surface area contributed by atoms with Crippen LogP contribution in [0.4, 0.5) is 5.82 Å². The first-order chi connectivity index (χ1) is 17.1. The van der Waals surface area contributed by atoms with Crippen LogP contribution in [0.5, 0.6) is 5.88 Å². The smallest absolute Gasteiger partial charge is 0.216 e. The van der Waals surface area contributed by atoms with Crippen molar-refractivity contribution in [1.29, 1.82) is 5.26 Å². The van der Waals surface area contributed by atoms with E-state index in [1.165, 1.54) is 6.33 Å². The van der Waals surface area contributed by atoms with Gasteiger partial charge in [-0.05, 0) is 45.4 Å². The standard InChI is InChI=1S/C25H35N7O3/c1-18(14-33-2)30-19-3-5-20(6-4-19)31-22-13-21(28-17-29-22)24-27-10-7-23(32-24)35-16-25(15-26)8-11-34-12-9-25/h7,10,13,17-20,30H,3-6,8-9,11-12,14,16H2,1-2H3,(H,28,29,31). The summed E-state index contributed by atoms with van der Waals surface area (Å²) in [7, 11) is 1.74. The van der Waals surface area contributed by atoms with Crippen LogP contribution in [-0.4, -0.2) is 71.6 Å². The van der Waals surface area contributed by atoms with Crippen molar-refractivity contribution in [3.63, 3.8) is 0 Å². The van der Waals surface area contributed by atoms with Crippen LogP contribution in [0, 0.1) is 16.7 Å². The molecular weight excluding hydrogens is 446 g/mol. The minimum atomic E-state index is -0.536. The molecule has 2 aliphatic rings. The summed E-state index contributed by atoms with van der Waals surface area (Å²) in [6.07, 6.45) is 8.87. The number of rotatable bonds is 10. The van der Waals surface area contributed by atoms with Crippen molar-refractivity contribution < 1.29 is 14.2 Å². The number of ether oxygens (including phenoxy) is 3. The van der Waals surface area contributed by atoms with Gasteiger partial charge in [0.2, 0.25) is 5.88 Å². The number of hydrogen-bond acceptors (Lipinski definition) is 10. The maximum absolute atomic E-state index is 9.64. The van der Waals surface area contributed by atoms with Gasteiger partial charge in [-0.25, -0.2) is 15.0 Å². The highest BCUT2D eigenvalue weighted by molar-refractivity contribution is 5.55. The van der Waals surface area contributed by atoms with Crippen LogP contribution in [0.3, 0.4) is 0 Å². The normalized spacial score (nSPS) is 22.7. The van der Waals surface area contributed by atoms with Crippen molar-refractivity contribution in [3.8, 4) is 23.5 Å². The topological polar surface area (TPSA) is 127 Å². The zero-order valence-corrected chi connectivity index (χ0v) is 20.6. The Morgan fingerprint density at radius 3 is 2.69 bits per heavy atom. The molecule has 4 rings (SSSR count). The lowest BCUT2D eigenvalue weighted by Gasteiger charge is -2.31. The van der Waals surface area contributed by atoms with E-state index in [9.17, 15) is 5.26 Å². The average molecular weight is 482 g/mol. The molecule has 2 N–H and O–H groups in total. The molecule has 10 heteroatoms. The van der Waals surface area contributed by atoms with Gasteiger partial charge in [0.1, 0.15) is 24.4 Å². The molecule has 1 saturated carbocycles. The predicted octanol–water partition coefficient (Wildman–Crippen LogP) is 2.98. The van der Waals surface area contributed by atoms with Crippen LogP contribution in [0.1, 0.15) is 45.4 Å². The highest BCUT2D eigenvalue weighted by atomic mass is 16.5. The van der Waals surface area contributed by atoms with Crippen molar-refractivity contribution in [3.05, 3.63) is 24.7 Å². The minimum Gasteiger partial charge on any atom is -0.476 e. The molecule has 1 aliphatic heterocycles. The maximum Gasteiger partial charge on any atom is 0.216 e. The summed E-state index contributed by atoms with van der Waals surface area (Å²) in [5.41, 5.74) is 0.0869. The Morgan fingerprint density at radius 2 is 1.94 bits per heavy atom. The molecular formula is C25H35N7O3. The quantitative estimate of drug-likeness (QED) is 0.523. The molecule has 0 bridgehead atoms. The van der Waals surface area contributed by atoms with Crippen molar-refractivity contribution in [2.45, 2.75) is 63.6 Å². The van der Waals surface area contributed by atoms with Gasteiger partial charge < -0.3 is 24.8 Å². The van der Waals surface area contributed by atoms with Gasteiger partial charge in [0.05, 0.1) is 18.1 Å². The van der Waals surface area contributed by atoms with Gasteiger partial charge in [-0.3, -0.25) is 0 Å². The van der Waals surface area contributed by atoms with E-state index in [0.29, 0.717) is 61.6 Å². The molecule has 0 spiro atoms. The first-order valence-electron chi connectivity index (χ1n) is 12.4. The van der Waals surface area contributed by atoms with Crippen LogP contribution in [-0.2, 0) is 9.47 Å². The van der Waals surface area contributed by atoms with Crippen LogP contribution in [0.2, 0.25) is 0 Å². The van der Waals surface area contributed by atoms with Gasteiger partial charge in [0.25, 0.3) is 0 Å². The van der Waals surface area contributed by atoms with Gasteiger partial charge in [0, 0.05) is 56.8 Å². The van der Waals surface area contributed by atoms with Crippen LogP contribution in [0.25, 0.3) is 11.5 Å². The minimum absolute atomic E-state index is 0.279. The third kappa shape index (κ3) is 7.07. The van der Waals surface area contributed by atoms with E-state index in [2.05, 4.69) is 43.6 Å². The third-order valence-corrected chi connectivity index (χ3v) is 6.73. The van der Waals surface area contributed by atoms with E-state index >= 15 is 0 Å². The number of hydrogen-bond donors (Lipinski definition) is 2. The molecule has 1 saturated heterocycles. The highest BCUT2D eigenvalue weighted by Gasteiger charge is 2.34. The SMILES string of the molecule is COCC(C)NC1CCC(Nc2cc(-c3nccc(OCC4(C#N)CCOCC4)n3)ncn2)CC1. The summed E-state index contributed by atoms with van der Waals surface area (Å²) < 4.78 is 16.5. The van der Waals surface area contributed by atoms with E-state index in [4.69, 9.17) is 14.2 Å². The summed E-state index contributed by atoms with van der Waals surface area (Å²) in [6.45, 7) is 4.32. The molecule has 0 radical (unpaired) electrons. The van der Waals surface area contributed by atoms with E-state index in [1.807, 2.05) is 6.07 Å². The number of nitrogens with one attached hydrogen (secondary N) is 2. The fraction of sp³-hybridized carbons (Fsp3) is 0.640. The molecule has 1 aliphatic carbocycles. The number of aromatic nitrogens is 4. The monoisotopic (exact) mass is 481 g/mol. The van der Waals surface area contributed by atoms with Crippen molar-refractivity contribution in [2.24, 2.45) is 5.41 Å². The first kappa shape index (κ1) is 25.2. The van der Waals surface area contributed by atoms with Gasteiger partial charge >= 0.3 is 0 Å². The Hall–Kier alpha value is -2.87. The summed E-state index contributed by atoms with van der Waals surface area (Å²) in [5.74, 6) is 1.66. The van der Waals surface area contributed by atoms with E-state index in [1.54, 1.807) is 19.4 Å². The van der Waals surface area contributed by atoms with Gasteiger partial charge in [-0.15, -0.1) is 0 Å². The van der Waals surface area contributed by atoms with Crippen LogP contribution < -0.4 is 15.4 Å². The molecule has 1 atom stereocenters. The molecule has 2 fully saturated rings. The summed E-state index contributed by atoms with van der Waals surface area (Å²) in [5, 5.41) is 16.8. The fourth-order valence-corrected chi connectivity index (χ4v) is 4.68. The summed E-state index contributed by atoms with van der Waals surface area (Å²) in [4.78, 5) is 17.7. The largest absolute Gasteiger partial charge is 0.476 e. The summed E-state index contributed by atoms with van der Waals surface area (Å²) in [6, 6.07) is 7.24. The second-order valence-electron chi connectivity index (χ2n) is 9.52. The fourth-order valence-electron chi connectivity index (χ4n) is 4.68. The van der Waals surface area contributed by atoms with Gasteiger partial charge in [-0.2, -0.15) is 10.2 Å². The molecule has 2 aromatic rings. The van der Waals surface area contributed by atoms with Gasteiger partial charge in [0.15, 0.2) is 5.82 Å². The lowest BCUT2D eigenvalue weighted by molar-refractivity contribution is 0.0183.